The zero-order valence-electron chi connectivity index (χ0n) is 18.0. The minimum absolute atomic E-state index is 0.00485. The number of anilines is 2. The second-order valence-electron chi connectivity index (χ2n) is 8.38. The zero-order chi connectivity index (χ0) is 23.2. The second-order valence-corrected chi connectivity index (χ2v) is 8.38. The number of amides is 3. The van der Waals surface area contributed by atoms with Gasteiger partial charge in [-0.2, -0.15) is 0 Å². The molecular formula is C26H22FN3O3. The third kappa shape index (κ3) is 3.28. The van der Waals surface area contributed by atoms with Crippen LogP contribution in [0.1, 0.15) is 34.3 Å². The summed E-state index contributed by atoms with van der Waals surface area (Å²) in [5, 5.41) is 2.66. The Hall–Kier alpha value is -4.00. The lowest BCUT2D eigenvalue weighted by molar-refractivity contribution is -0.129. The molecule has 1 atom stereocenters. The van der Waals surface area contributed by atoms with Crippen molar-refractivity contribution in [1.29, 1.82) is 0 Å². The number of aryl methyl sites for hydroxylation is 1. The van der Waals surface area contributed by atoms with Crippen molar-refractivity contribution in [2.45, 2.75) is 32.0 Å². The molecular weight excluding hydrogens is 421 g/mol. The van der Waals surface area contributed by atoms with Gasteiger partial charge in [-0.15, -0.1) is 0 Å². The summed E-state index contributed by atoms with van der Waals surface area (Å²) >= 11 is 0. The Balaban J connectivity index is 1.65. The second kappa shape index (κ2) is 7.85. The predicted molar refractivity (Wildman–Crippen MR) is 122 cm³/mol. The third-order valence-corrected chi connectivity index (χ3v) is 6.29. The standard InChI is InChI=1S/C26H22FN3O3/c1-17-11-12-21(20(27)15-17)28-25(33)26-14-13-23(31)30(26)22-10-6-5-9-19(22)24(32)29(26)16-18-7-3-2-4-8-18/h2-12,15H,13-14,16H2,1H3,(H,28,33)/t26-/m0/s1. The molecule has 6 nitrogen and oxygen atoms in total. The molecule has 0 bridgehead atoms. The summed E-state index contributed by atoms with van der Waals surface area (Å²) in [5.41, 5.74) is 0.690. The van der Waals surface area contributed by atoms with Gasteiger partial charge in [0.05, 0.1) is 16.9 Å². The minimum Gasteiger partial charge on any atom is -0.320 e. The van der Waals surface area contributed by atoms with Crippen molar-refractivity contribution in [2.75, 3.05) is 10.2 Å². The van der Waals surface area contributed by atoms with Gasteiger partial charge in [-0.1, -0.05) is 48.5 Å². The van der Waals surface area contributed by atoms with Crippen molar-refractivity contribution in [3.8, 4) is 0 Å². The first-order chi connectivity index (χ1) is 15.9. The van der Waals surface area contributed by atoms with Crippen molar-refractivity contribution in [2.24, 2.45) is 0 Å². The number of benzene rings is 3. The molecule has 7 heteroatoms. The molecule has 33 heavy (non-hydrogen) atoms. The average Bonchev–Trinajstić information content (AvgIpc) is 3.17. The number of hydrogen-bond acceptors (Lipinski definition) is 3. The molecule has 1 saturated heterocycles. The van der Waals surface area contributed by atoms with E-state index in [1.54, 1.807) is 37.3 Å². The normalized spacial score (nSPS) is 19.3. The molecule has 3 amide bonds. The predicted octanol–water partition coefficient (Wildman–Crippen LogP) is 4.25. The van der Waals surface area contributed by atoms with E-state index in [1.807, 2.05) is 30.3 Å². The van der Waals surface area contributed by atoms with E-state index in [-0.39, 0.29) is 36.9 Å². The van der Waals surface area contributed by atoms with Gasteiger partial charge in [0.15, 0.2) is 0 Å². The van der Waals surface area contributed by atoms with Gasteiger partial charge in [-0.25, -0.2) is 4.39 Å². The summed E-state index contributed by atoms with van der Waals surface area (Å²) in [6.07, 6.45) is 0.203. The molecule has 2 aliphatic heterocycles. The Morgan fingerprint density at radius 1 is 1.03 bits per heavy atom. The molecule has 166 valence electrons. The van der Waals surface area contributed by atoms with Crippen LogP contribution in [0.5, 0.6) is 0 Å². The highest BCUT2D eigenvalue weighted by atomic mass is 19.1. The van der Waals surface area contributed by atoms with E-state index in [9.17, 15) is 18.8 Å². The molecule has 2 aliphatic rings. The van der Waals surface area contributed by atoms with Crippen LogP contribution in [0.15, 0.2) is 72.8 Å². The Morgan fingerprint density at radius 2 is 1.76 bits per heavy atom. The molecule has 3 aromatic rings. The van der Waals surface area contributed by atoms with E-state index >= 15 is 0 Å². The lowest BCUT2D eigenvalue weighted by Gasteiger charge is -2.49. The SMILES string of the molecule is Cc1ccc(NC(=O)[C@]23CCC(=O)N2c2ccccc2C(=O)N3Cc2ccccc2)c(F)c1. The van der Waals surface area contributed by atoms with Gasteiger partial charge in [0.2, 0.25) is 11.6 Å². The fourth-order valence-corrected chi connectivity index (χ4v) is 4.71. The van der Waals surface area contributed by atoms with Gasteiger partial charge in [-0.3, -0.25) is 19.3 Å². The van der Waals surface area contributed by atoms with Crippen LogP contribution in [0.2, 0.25) is 0 Å². The van der Waals surface area contributed by atoms with E-state index in [1.165, 1.54) is 21.9 Å². The number of para-hydroxylation sites is 1. The van der Waals surface area contributed by atoms with Crippen LogP contribution in [0.4, 0.5) is 15.8 Å². The Labute approximate surface area is 190 Å². The number of fused-ring (bicyclic) bond motifs is 3. The lowest BCUT2D eigenvalue weighted by atomic mass is 9.94. The highest BCUT2D eigenvalue weighted by molar-refractivity contribution is 6.18. The molecule has 5 rings (SSSR count). The summed E-state index contributed by atoms with van der Waals surface area (Å²) in [6.45, 7) is 1.88. The summed E-state index contributed by atoms with van der Waals surface area (Å²) in [5.74, 6) is -1.80. The monoisotopic (exact) mass is 443 g/mol. The van der Waals surface area contributed by atoms with Gasteiger partial charge in [0.1, 0.15) is 5.82 Å². The highest BCUT2D eigenvalue weighted by Crippen LogP contribution is 2.45. The maximum atomic E-state index is 14.6. The van der Waals surface area contributed by atoms with E-state index < -0.39 is 17.4 Å². The van der Waals surface area contributed by atoms with Crippen LogP contribution in [-0.4, -0.2) is 28.3 Å². The Bertz CT molecular complexity index is 1280. The van der Waals surface area contributed by atoms with Crippen LogP contribution < -0.4 is 10.2 Å². The van der Waals surface area contributed by atoms with E-state index in [4.69, 9.17) is 0 Å². The molecule has 0 radical (unpaired) electrons. The smallest absolute Gasteiger partial charge is 0.271 e. The number of carbonyl (C=O) groups excluding carboxylic acids is 3. The van der Waals surface area contributed by atoms with E-state index in [0.29, 0.717) is 16.8 Å². The number of halogens is 1. The average molecular weight is 443 g/mol. The van der Waals surface area contributed by atoms with Crippen molar-refractivity contribution in [3.63, 3.8) is 0 Å². The number of carbonyl (C=O) groups is 3. The van der Waals surface area contributed by atoms with E-state index in [2.05, 4.69) is 5.32 Å². The molecule has 0 aliphatic carbocycles. The topological polar surface area (TPSA) is 69.7 Å². The quantitative estimate of drug-likeness (QED) is 0.655. The Kier molecular flexibility index (Phi) is 4.96. The van der Waals surface area contributed by atoms with Crippen molar-refractivity contribution in [3.05, 3.63) is 95.3 Å². The van der Waals surface area contributed by atoms with Gasteiger partial charge >= 0.3 is 0 Å². The van der Waals surface area contributed by atoms with E-state index in [0.717, 1.165) is 5.56 Å². The van der Waals surface area contributed by atoms with Gasteiger partial charge in [0.25, 0.3) is 11.8 Å². The first kappa shape index (κ1) is 20.9. The molecule has 0 saturated carbocycles. The largest absolute Gasteiger partial charge is 0.320 e. The number of nitrogens with zero attached hydrogens (tertiary/aromatic N) is 2. The van der Waals surface area contributed by atoms with Crippen LogP contribution in [-0.2, 0) is 16.1 Å². The number of rotatable bonds is 4. The fourth-order valence-electron chi connectivity index (χ4n) is 4.71. The Morgan fingerprint density at radius 3 is 2.52 bits per heavy atom. The van der Waals surface area contributed by atoms with Crippen LogP contribution in [0.25, 0.3) is 0 Å². The van der Waals surface area contributed by atoms with Gasteiger partial charge in [0, 0.05) is 19.4 Å². The maximum Gasteiger partial charge on any atom is 0.271 e. The third-order valence-electron chi connectivity index (χ3n) is 6.29. The van der Waals surface area contributed by atoms with Crippen LogP contribution >= 0.6 is 0 Å². The summed E-state index contributed by atoms with van der Waals surface area (Å²) < 4.78 is 14.6. The molecule has 2 heterocycles. The zero-order valence-corrected chi connectivity index (χ0v) is 18.0. The molecule has 3 aromatic carbocycles. The fraction of sp³-hybridized carbons (Fsp3) is 0.192. The van der Waals surface area contributed by atoms with Crippen molar-refractivity contribution >= 4 is 29.1 Å². The summed E-state index contributed by atoms with van der Waals surface area (Å²) in [4.78, 5) is 43.5. The van der Waals surface area contributed by atoms with Crippen molar-refractivity contribution in [1.82, 2.24) is 4.90 Å². The number of hydrogen-bond donors (Lipinski definition) is 1. The lowest BCUT2D eigenvalue weighted by Crippen LogP contribution is -2.69. The van der Waals surface area contributed by atoms with Gasteiger partial charge < -0.3 is 10.2 Å². The summed E-state index contributed by atoms with van der Waals surface area (Å²) in [6, 6.07) is 20.6. The first-order valence-electron chi connectivity index (χ1n) is 10.8. The molecule has 1 fully saturated rings. The molecule has 0 unspecified atom stereocenters. The van der Waals surface area contributed by atoms with Crippen molar-refractivity contribution < 1.29 is 18.8 Å². The summed E-state index contributed by atoms with van der Waals surface area (Å²) in [7, 11) is 0. The molecule has 0 spiro atoms. The van der Waals surface area contributed by atoms with Crippen LogP contribution in [0, 0.1) is 12.7 Å². The number of nitrogens with one attached hydrogen (secondary N) is 1. The first-order valence-corrected chi connectivity index (χ1v) is 10.8. The molecule has 1 N–H and O–H groups in total. The van der Waals surface area contributed by atoms with Gasteiger partial charge in [-0.05, 0) is 42.3 Å². The maximum absolute atomic E-state index is 14.6. The highest BCUT2D eigenvalue weighted by Gasteiger charge is 2.60. The van der Waals surface area contributed by atoms with Crippen LogP contribution in [0.3, 0.4) is 0 Å². The molecule has 0 aromatic heterocycles. The minimum atomic E-state index is -1.60.